The third kappa shape index (κ3) is 4.15. The molecule has 1 aromatic heterocycles. The molecular weight excluding hydrogens is 196 g/mol. The smallest absolute Gasteiger partial charge is 0.0518 e. The van der Waals surface area contributed by atoms with Gasteiger partial charge in [0.15, 0.2) is 0 Å². The number of hydrogen-bond donors (Lipinski definition) is 1. The summed E-state index contributed by atoms with van der Waals surface area (Å²) in [5.74, 6) is 1.48. The zero-order valence-corrected chi connectivity index (χ0v) is 9.63. The second-order valence-corrected chi connectivity index (χ2v) is 4.46. The molecule has 0 saturated carbocycles. The summed E-state index contributed by atoms with van der Waals surface area (Å²) in [6.07, 6.45) is 6.14. The Labute approximate surface area is 89.7 Å². The van der Waals surface area contributed by atoms with E-state index >= 15 is 0 Å². The fraction of sp³-hybridized carbons (Fsp3) is 0.700. The van der Waals surface area contributed by atoms with E-state index in [0.29, 0.717) is 5.92 Å². The van der Waals surface area contributed by atoms with Gasteiger partial charge in [-0.3, -0.25) is 4.68 Å². The molecule has 0 fully saturated rings. The molecule has 0 bridgehead atoms. The average molecular weight is 214 g/mol. The maximum Gasteiger partial charge on any atom is 0.0518 e. The molecule has 14 heavy (non-hydrogen) atoms. The van der Waals surface area contributed by atoms with Crippen LogP contribution in [0.1, 0.15) is 25.3 Å². The molecule has 1 unspecified atom stereocenters. The molecule has 0 aliphatic heterocycles. The normalized spacial score (nSPS) is 13.1. The van der Waals surface area contributed by atoms with Gasteiger partial charge in [0.1, 0.15) is 0 Å². The minimum atomic E-state index is 0.652. The second kappa shape index (κ2) is 6.09. The lowest BCUT2D eigenvalue weighted by atomic mass is 10.1. The van der Waals surface area contributed by atoms with Gasteiger partial charge in [-0.15, -0.1) is 0 Å². The van der Waals surface area contributed by atoms with Crippen LogP contribution < -0.4 is 0 Å². The van der Waals surface area contributed by atoms with Crippen molar-refractivity contribution in [1.29, 1.82) is 0 Å². The van der Waals surface area contributed by atoms with E-state index in [4.69, 9.17) is 4.55 Å². The zero-order valence-electron chi connectivity index (χ0n) is 8.81. The molecule has 0 aromatic carbocycles. The first-order valence-electron chi connectivity index (χ1n) is 4.98. The largest absolute Gasteiger partial charge is 0.330 e. The van der Waals surface area contributed by atoms with Crippen molar-refractivity contribution in [3.63, 3.8) is 0 Å². The zero-order chi connectivity index (χ0) is 10.4. The first kappa shape index (κ1) is 11.6. The standard InChI is InChI=1S/C10H18N2OS/c1-9(4-6-14-13)3-5-12-8-10(2)7-11-12/h7-9,13H,3-6H2,1-2H3. The number of hydrogen-bond acceptors (Lipinski definition) is 3. The molecule has 0 spiro atoms. The number of aryl methyl sites for hydroxylation is 2. The lowest BCUT2D eigenvalue weighted by Gasteiger charge is -2.09. The highest BCUT2D eigenvalue weighted by molar-refractivity contribution is 7.93. The Morgan fingerprint density at radius 3 is 2.93 bits per heavy atom. The number of aromatic nitrogens is 2. The molecule has 1 N–H and O–H groups in total. The molecule has 0 saturated heterocycles. The summed E-state index contributed by atoms with van der Waals surface area (Å²) in [7, 11) is 0. The van der Waals surface area contributed by atoms with Crippen molar-refractivity contribution in [3.05, 3.63) is 18.0 Å². The van der Waals surface area contributed by atoms with Crippen LogP contribution in [0.2, 0.25) is 0 Å². The fourth-order valence-electron chi connectivity index (χ4n) is 1.34. The minimum absolute atomic E-state index is 0.652. The Morgan fingerprint density at radius 2 is 2.36 bits per heavy atom. The highest BCUT2D eigenvalue weighted by atomic mass is 32.2. The summed E-state index contributed by atoms with van der Waals surface area (Å²) >= 11 is 0.933. The predicted octanol–water partition coefficient (Wildman–Crippen LogP) is 2.81. The monoisotopic (exact) mass is 214 g/mol. The second-order valence-electron chi connectivity index (χ2n) is 3.80. The van der Waals surface area contributed by atoms with Gasteiger partial charge in [0, 0.05) is 18.5 Å². The van der Waals surface area contributed by atoms with E-state index in [0.717, 1.165) is 37.2 Å². The average Bonchev–Trinajstić information content (AvgIpc) is 2.58. The van der Waals surface area contributed by atoms with E-state index in [9.17, 15) is 0 Å². The van der Waals surface area contributed by atoms with E-state index in [-0.39, 0.29) is 0 Å². The first-order valence-corrected chi connectivity index (χ1v) is 5.92. The van der Waals surface area contributed by atoms with E-state index in [1.54, 1.807) is 0 Å². The fourth-order valence-corrected chi connectivity index (χ4v) is 1.85. The predicted molar refractivity (Wildman–Crippen MR) is 60.4 cm³/mol. The van der Waals surface area contributed by atoms with Crippen LogP contribution >= 0.6 is 12.0 Å². The van der Waals surface area contributed by atoms with E-state index < -0.39 is 0 Å². The topological polar surface area (TPSA) is 38.0 Å². The van der Waals surface area contributed by atoms with Gasteiger partial charge in [0.25, 0.3) is 0 Å². The third-order valence-electron chi connectivity index (χ3n) is 2.32. The Hall–Kier alpha value is -0.480. The molecule has 0 amide bonds. The molecule has 4 heteroatoms. The van der Waals surface area contributed by atoms with Crippen LogP contribution in [0, 0.1) is 12.8 Å². The molecule has 80 valence electrons. The van der Waals surface area contributed by atoms with Gasteiger partial charge in [0.2, 0.25) is 0 Å². The van der Waals surface area contributed by atoms with Gasteiger partial charge in [0.05, 0.1) is 6.20 Å². The summed E-state index contributed by atoms with van der Waals surface area (Å²) in [4.78, 5) is 0. The highest BCUT2D eigenvalue weighted by Crippen LogP contribution is 2.11. The van der Waals surface area contributed by atoms with Gasteiger partial charge < -0.3 is 4.55 Å². The van der Waals surface area contributed by atoms with Crippen LogP contribution in [-0.2, 0) is 6.54 Å². The summed E-state index contributed by atoms with van der Waals surface area (Å²) in [6, 6.07) is 0. The molecule has 1 heterocycles. The summed E-state index contributed by atoms with van der Waals surface area (Å²) in [5.41, 5.74) is 1.21. The maximum atomic E-state index is 8.60. The number of nitrogens with zero attached hydrogens (tertiary/aromatic N) is 2. The lowest BCUT2D eigenvalue weighted by Crippen LogP contribution is -2.04. The molecule has 0 radical (unpaired) electrons. The first-order chi connectivity index (χ1) is 6.72. The molecule has 1 atom stereocenters. The quantitative estimate of drug-likeness (QED) is 0.740. The Bertz CT molecular complexity index is 262. The van der Waals surface area contributed by atoms with Crippen LogP contribution in [0.3, 0.4) is 0 Å². The van der Waals surface area contributed by atoms with Crippen LogP contribution in [-0.4, -0.2) is 20.1 Å². The van der Waals surface area contributed by atoms with E-state index in [1.165, 1.54) is 5.56 Å². The minimum Gasteiger partial charge on any atom is -0.330 e. The van der Waals surface area contributed by atoms with E-state index in [1.807, 2.05) is 10.9 Å². The molecule has 3 nitrogen and oxygen atoms in total. The summed E-state index contributed by atoms with van der Waals surface area (Å²) < 4.78 is 10.6. The maximum absolute atomic E-state index is 8.60. The molecule has 1 rings (SSSR count). The van der Waals surface area contributed by atoms with Crippen molar-refractivity contribution in [3.8, 4) is 0 Å². The van der Waals surface area contributed by atoms with Crippen molar-refractivity contribution in [2.24, 2.45) is 5.92 Å². The van der Waals surface area contributed by atoms with Gasteiger partial charge >= 0.3 is 0 Å². The van der Waals surface area contributed by atoms with Crippen LogP contribution in [0.5, 0.6) is 0 Å². The van der Waals surface area contributed by atoms with Gasteiger partial charge in [-0.1, -0.05) is 6.92 Å². The molecule has 0 aliphatic carbocycles. The number of rotatable bonds is 6. The SMILES string of the molecule is Cc1cnn(CCC(C)CCSO)c1. The Morgan fingerprint density at radius 1 is 1.57 bits per heavy atom. The van der Waals surface area contributed by atoms with Crippen LogP contribution in [0.4, 0.5) is 0 Å². The van der Waals surface area contributed by atoms with Crippen LogP contribution in [0.25, 0.3) is 0 Å². The Kier molecular flexibility index (Phi) is 5.04. The van der Waals surface area contributed by atoms with Crippen molar-refractivity contribution < 1.29 is 4.55 Å². The lowest BCUT2D eigenvalue weighted by molar-refractivity contribution is 0.449. The van der Waals surface area contributed by atoms with Gasteiger partial charge in [-0.05, 0) is 43.3 Å². The van der Waals surface area contributed by atoms with Crippen LogP contribution in [0.15, 0.2) is 12.4 Å². The van der Waals surface area contributed by atoms with Crippen molar-refractivity contribution >= 4 is 12.0 Å². The van der Waals surface area contributed by atoms with Crippen molar-refractivity contribution in [2.75, 3.05) is 5.75 Å². The third-order valence-corrected chi connectivity index (χ3v) is 2.73. The molecule has 1 aromatic rings. The summed E-state index contributed by atoms with van der Waals surface area (Å²) in [5, 5.41) is 4.23. The highest BCUT2D eigenvalue weighted by Gasteiger charge is 2.02. The molecule has 0 aliphatic rings. The molecular formula is C10H18N2OS. The van der Waals surface area contributed by atoms with Gasteiger partial charge in [-0.25, -0.2) is 0 Å². The van der Waals surface area contributed by atoms with Gasteiger partial charge in [-0.2, -0.15) is 5.10 Å². The Balaban J connectivity index is 2.20. The summed E-state index contributed by atoms with van der Waals surface area (Å²) in [6.45, 7) is 5.24. The van der Waals surface area contributed by atoms with E-state index in [2.05, 4.69) is 25.1 Å². The van der Waals surface area contributed by atoms with Crippen molar-refractivity contribution in [1.82, 2.24) is 9.78 Å². The van der Waals surface area contributed by atoms with Crippen molar-refractivity contribution in [2.45, 2.75) is 33.2 Å².